The van der Waals surface area contributed by atoms with Crippen LogP contribution in [0.2, 0.25) is 0 Å². The molecule has 7 heteroatoms. The molecular weight excluding hydrogens is 360 g/mol. The first-order chi connectivity index (χ1) is 11.5. The molecule has 0 amide bonds. The van der Waals surface area contributed by atoms with Gasteiger partial charge >= 0.3 is 0 Å². The SMILES string of the molecule is CC(C(=O)C(C)(C)S(=O)(=O)c1ccccc1)S(=O)(=O)c1ccccc1. The molecular formula is C18H20O5S2. The molecule has 25 heavy (non-hydrogen) atoms. The van der Waals surface area contributed by atoms with Crippen molar-refractivity contribution in [3.8, 4) is 0 Å². The highest BCUT2D eigenvalue weighted by atomic mass is 32.2. The molecule has 0 fully saturated rings. The van der Waals surface area contributed by atoms with Crippen LogP contribution in [0.3, 0.4) is 0 Å². The summed E-state index contributed by atoms with van der Waals surface area (Å²) in [4.78, 5) is 12.8. The van der Waals surface area contributed by atoms with Crippen molar-refractivity contribution in [3.05, 3.63) is 60.7 Å². The Morgan fingerprint density at radius 2 is 1.20 bits per heavy atom. The van der Waals surface area contributed by atoms with E-state index in [1.54, 1.807) is 36.4 Å². The zero-order chi connectivity index (χ0) is 18.9. The number of ketones is 1. The summed E-state index contributed by atoms with van der Waals surface area (Å²) in [5.41, 5.74) is 0. The summed E-state index contributed by atoms with van der Waals surface area (Å²) in [5.74, 6) is -0.861. The highest BCUT2D eigenvalue weighted by Gasteiger charge is 2.47. The van der Waals surface area contributed by atoms with Crippen molar-refractivity contribution in [1.82, 2.24) is 0 Å². The van der Waals surface area contributed by atoms with Crippen LogP contribution in [-0.2, 0) is 24.5 Å². The summed E-state index contributed by atoms with van der Waals surface area (Å²) in [6.45, 7) is 3.72. The number of Topliss-reactive ketones (excluding diaryl/α,β-unsaturated/α-hetero) is 1. The Bertz CT molecular complexity index is 961. The number of hydrogen-bond donors (Lipinski definition) is 0. The van der Waals surface area contributed by atoms with Gasteiger partial charge in [0.1, 0.15) is 10.00 Å². The molecule has 0 aliphatic carbocycles. The van der Waals surface area contributed by atoms with E-state index in [0.29, 0.717) is 0 Å². The summed E-state index contributed by atoms with van der Waals surface area (Å²) in [7, 11) is -8.02. The Hall–Kier alpha value is -1.99. The molecule has 0 heterocycles. The maximum Gasteiger partial charge on any atom is 0.190 e. The van der Waals surface area contributed by atoms with Gasteiger partial charge in [0.25, 0.3) is 0 Å². The van der Waals surface area contributed by atoms with Crippen LogP contribution in [0.25, 0.3) is 0 Å². The van der Waals surface area contributed by atoms with Gasteiger partial charge in [-0.1, -0.05) is 36.4 Å². The summed E-state index contributed by atoms with van der Waals surface area (Å²) < 4.78 is 49.2. The first-order valence-corrected chi connectivity index (χ1v) is 10.7. The first kappa shape index (κ1) is 19.3. The Balaban J connectivity index is 2.45. The Morgan fingerprint density at radius 1 is 0.800 bits per heavy atom. The molecule has 0 spiro atoms. The van der Waals surface area contributed by atoms with E-state index in [1.165, 1.54) is 45.0 Å². The van der Waals surface area contributed by atoms with Gasteiger partial charge in [0.05, 0.1) is 9.79 Å². The molecule has 2 aromatic rings. The minimum atomic E-state index is -4.04. The molecule has 1 unspecified atom stereocenters. The van der Waals surface area contributed by atoms with Crippen molar-refractivity contribution >= 4 is 25.5 Å². The molecule has 0 bridgehead atoms. The standard InChI is InChI=1S/C18H20O5S2/c1-14(24(20,21)15-10-6-4-7-11-15)17(19)18(2,3)25(22,23)16-12-8-5-9-13-16/h4-14H,1-3H3. The second kappa shape index (κ2) is 6.72. The van der Waals surface area contributed by atoms with E-state index in [-0.39, 0.29) is 9.79 Å². The number of carbonyl (C=O) groups excluding carboxylic acids is 1. The molecule has 0 radical (unpaired) electrons. The Kier molecular flexibility index (Phi) is 5.20. The third-order valence-corrected chi connectivity index (χ3v) is 8.74. The molecule has 0 saturated heterocycles. The van der Waals surface area contributed by atoms with Crippen LogP contribution < -0.4 is 0 Å². The molecule has 2 rings (SSSR count). The van der Waals surface area contributed by atoms with Crippen molar-refractivity contribution in [3.63, 3.8) is 0 Å². The van der Waals surface area contributed by atoms with Crippen LogP contribution in [0, 0.1) is 0 Å². The van der Waals surface area contributed by atoms with Crippen molar-refractivity contribution < 1.29 is 21.6 Å². The van der Waals surface area contributed by atoms with E-state index >= 15 is 0 Å². The topological polar surface area (TPSA) is 85.3 Å². The Labute approximate surface area is 148 Å². The number of rotatable bonds is 6. The second-order valence-electron chi connectivity index (χ2n) is 6.19. The monoisotopic (exact) mass is 380 g/mol. The lowest BCUT2D eigenvalue weighted by Crippen LogP contribution is -2.47. The molecule has 1 atom stereocenters. The van der Waals surface area contributed by atoms with E-state index in [0.717, 1.165) is 0 Å². The average Bonchev–Trinajstić information content (AvgIpc) is 2.61. The van der Waals surface area contributed by atoms with E-state index in [9.17, 15) is 21.6 Å². The zero-order valence-corrected chi connectivity index (χ0v) is 15.8. The van der Waals surface area contributed by atoms with Crippen LogP contribution in [0.5, 0.6) is 0 Å². The third kappa shape index (κ3) is 3.39. The zero-order valence-electron chi connectivity index (χ0n) is 14.2. The highest BCUT2D eigenvalue weighted by Crippen LogP contribution is 2.30. The molecule has 0 aromatic heterocycles. The van der Waals surface area contributed by atoms with E-state index in [1.807, 2.05) is 0 Å². The molecule has 134 valence electrons. The normalized spacial score (nSPS) is 14.0. The largest absolute Gasteiger partial charge is 0.296 e. The lowest BCUT2D eigenvalue weighted by atomic mass is 10.1. The van der Waals surface area contributed by atoms with Gasteiger partial charge in [0.2, 0.25) is 0 Å². The molecule has 0 N–H and O–H groups in total. The van der Waals surface area contributed by atoms with E-state index in [4.69, 9.17) is 0 Å². The predicted octanol–water partition coefficient (Wildman–Crippen LogP) is 2.67. The predicted molar refractivity (Wildman–Crippen MR) is 95.8 cm³/mol. The summed E-state index contributed by atoms with van der Waals surface area (Å²) in [5, 5.41) is -1.48. The van der Waals surface area contributed by atoms with Gasteiger partial charge in [-0.05, 0) is 45.0 Å². The van der Waals surface area contributed by atoms with Gasteiger partial charge in [0, 0.05) is 0 Å². The molecule has 2 aromatic carbocycles. The van der Waals surface area contributed by atoms with Gasteiger partial charge in [-0.25, -0.2) is 16.8 Å². The van der Waals surface area contributed by atoms with Crippen LogP contribution in [0.1, 0.15) is 20.8 Å². The quantitative estimate of drug-likeness (QED) is 0.769. The lowest BCUT2D eigenvalue weighted by molar-refractivity contribution is -0.120. The van der Waals surface area contributed by atoms with Gasteiger partial charge in [0.15, 0.2) is 25.5 Å². The highest BCUT2D eigenvalue weighted by molar-refractivity contribution is 7.95. The van der Waals surface area contributed by atoms with Gasteiger partial charge in [-0.15, -0.1) is 0 Å². The second-order valence-corrected chi connectivity index (χ2v) is 11.0. The lowest BCUT2D eigenvalue weighted by Gasteiger charge is -2.26. The van der Waals surface area contributed by atoms with Crippen molar-refractivity contribution in [2.75, 3.05) is 0 Å². The van der Waals surface area contributed by atoms with Gasteiger partial charge < -0.3 is 0 Å². The van der Waals surface area contributed by atoms with Crippen molar-refractivity contribution in [2.24, 2.45) is 0 Å². The summed E-state index contributed by atoms with van der Waals surface area (Å²) in [6, 6.07) is 15.1. The maximum absolute atomic E-state index is 12.8. The molecule has 0 saturated carbocycles. The maximum atomic E-state index is 12.8. The van der Waals surface area contributed by atoms with Crippen LogP contribution in [0.15, 0.2) is 70.5 Å². The number of sulfone groups is 2. The summed E-state index contributed by atoms with van der Waals surface area (Å²) >= 11 is 0. The van der Waals surface area contributed by atoms with Crippen molar-refractivity contribution in [2.45, 2.75) is 40.6 Å². The molecule has 5 nitrogen and oxygen atoms in total. The van der Waals surface area contributed by atoms with Crippen LogP contribution in [0.4, 0.5) is 0 Å². The fourth-order valence-electron chi connectivity index (χ4n) is 2.47. The minimum absolute atomic E-state index is 0.0104. The smallest absolute Gasteiger partial charge is 0.190 e. The van der Waals surface area contributed by atoms with Gasteiger partial charge in [-0.3, -0.25) is 4.79 Å². The van der Waals surface area contributed by atoms with Crippen molar-refractivity contribution in [1.29, 1.82) is 0 Å². The van der Waals surface area contributed by atoms with Crippen LogP contribution >= 0.6 is 0 Å². The van der Waals surface area contributed by atoms with E-state index < -0.39 is 35.5 Å². The number of benzene rings is 2. The van der Waals surface area contributed by atoms with Gasteiger partial charge in [-0.2, -0.15) is 0 Å². The fourth-order valence-corrected chi connectivity index (χ4v) is 5.61. The average molecular weight is 380 g/mol. The fraction of sp³-hybridized carbons (Fsp3) is 0.278. The summed E-state index contributed by atoms with van der Waals surface area (Å²) in [6.07, 6.45) is 0. The van der Waals surface area contributed by atoms with E-state index in [2.05, 4.69) is 0 Å². The first-order valence-electron chi connectivity index (χ1n) is 7.66. The third-order valence-electron chi connectivity index (χ3n) is 4.23. The molecule has 0 aliphatic heterocycles. The molecule has 0 aliphatic rings. The van der Waals surface area contributed by atoms with Crippen LogP contribution in [-0.4, -0.2) is 32.6 Å². The Morgan fingerprint density at radius 3 is 1.64 bits per heavy atom. The minimum Gasteiger partial charge on any atom is -0.296 e. The number of hydrogen-bond acceptors (Lipinski definition) is 5. The number of carbonyl (C=O) groups is 1.